The number of methoxy groups -OCH3 is 1. The van der Waals surface area contributed by atoms with Crippen LogP contribution in [0.1, 0.15) is 40.5 Å². The van der Waals surface area contributed by atoms with Crippen molar-refractivity contribution in [2.75, 3.05) is 7.11 Å². The van der Waals surface area contributed by atoms with Crippen LogP contribution >= 0.6 is 0 Å². The van der Waals surface area contributed by atoms with Crippen LogP contribution in [0, 0.1) is 5.41 Å². The van der Waals surface area contributed by atoms with E-state index in [1.807, 2.05) is 6.92 Å². The molecule has 1 unspecified atom stereocenters. The van der Waals surface area contributed by atoms with Crippen LogP contribution in [-0.2, 0) is 9.53 Å². The summed E-state index contributed by atoms with van der Waals surface area (Å²) in [5.74, 6) is 0.120. The van der Waals surface area contributed by atoms with Crippen LogP contribution in [0.15, 0.2) is 12.2 Å². The molecule has 0 fully saturated rings. The smallest absolute Gasteiger partial charge is 0.160 e. The first-order valence-electron chi connectivity index (χ1n) is 5.06. The Morgan fingerprint density at radius 2 is 1.93 bits per heavy atom. The lowest BCUT2D eigenvalue weighted by Gasteiger charge is -2.28. The molecule has 2 heteroatoms. The molecule has 0 aliphatic carbocycles. The van der Waals surface area contributed by atoms with E-state index >= 15 is 0 Å². The first kappa shape index (κ1) is 13.4. The van der Waals surface area contributed by atoms with Gasteiger partial charge in [0.15, 0.2) is 5.78 Å². The lowest BCUT2D eigenvalue weighted by atomic mass is 9.85. The van der Waals surface area contributed by atoms with Gasteiger partial charge in [0, 0.05) is 13.5 Å². The summed E-state index contributed by atoms with van der Waals surface area (Å²) in [4.78, 5) is 11.6. The summed E-state index contributed by atoms with van der Waals surface area (Å²) in [6, 6.07) is 0. The van der Waals surface area contributed by atoms with E-state index in [0.717, 1.165) is 6.42 Å². The maximum absolute atomic E-state index is 11.6. The van der Waals surface area contributed by atoms with Gasteiger partial charge < -0.3 is 4.74 Å². The molecule has 0 amide bonds. The second-order valence-corrected chi connectivity index (χ2v) is 4.67. The highest BCUT2D eigenvalue weighted by atomic mass is 16.5. The second-order valence-electron chi connectivity index (χ2n) is 4.67. The van der Waals surface area contributed by atoms with Crippen molar-refractivity contribution < 1.29 is 9.53 Å². The van der Waals surface area contributed by atoms with Gasteiger partial charge in [0.05, 0.1) is 6.10 Å². The molecule has 0 aromatic rings. The maximum atomic E-state index is 11.6. The fourth-order valence-corrected chi connectivity index (χ4v) is 1.25. The van der Waals surface area contributed by atoms with Crippen molar-refractivity contribution in [1.82, 2.24) is 0 Å². The third-order valence-electron chi connectivity index (χ3n) is 2.44. The van der Waals surface area contributed by atoms with Gasteiger partial charge in [0.2, 0.25) is 0 Å². The van der Waals surface area contributed by atoms with E-state index in [-0.39, 0.29) is 17.3 Å². The number of allylic oxidation sites excluding steroid dienone is 1. The van der Waals surface area contributed by atoms with Crippen LogP contribution < -0.4 is 0 Å². The van der Waals surface area contributed by atoms with Crippen molar-refractivity contribution in [3.63, 3.8) is 0 Å². The van der Waals surface area contributed by atoms with Crippen LogP contribution in [0.3, 0.4) is 0 Å². The number of rotatable bonds is 5. The minimum absolute atomic E-state index is 0.00156. The normalized spacial score (nSPS) is 13.8. The molecular formula is C12H22O2. The molecule has 0 aliphatic heterocycles. The van der Waals surface area contributed by atoms with Gasteiger partial charge in [-0.05, 0) is 17.4 Å². The van der Waals surface area contributed by atoms with E-state index in [1.54, 1.807) is 7.11 Å². The van der Waals surface area contributed by atoms with E-state index < -0.39 is 0 Å². The molecule has 0 radical (unpaired) electrons. The number of ether oxygens (including phenoxy) is 1. The molecule has 0 N–H and O–H groups in total. The molecular weight excluding hydrogens is 176 g/mol. The number of carbonyl (C=O) groups excluding carboxylic acids is 1. The summed E-state index contributed by atoms with van der Waals surface area (Å²) in [6.07, 6.45) is 1.13. The number of hydrogen-bond donors (Lipinski definition) is 0. The zero-order chi connectivity index (χ0) is 11.4. The zero-order valence-electron chi connectivity index (χ0n) is 10.0. The second kappa shape index (κ2) is 5.30. The van der Waals surface area contributed by atoms with Crippen molar-refractivity contribution in [3.8, 4) is 0 Å². The highest BCUT2D eigenvalue weighted by Crippen LogP contribution is 2.25. The van der Waals surface area contributed by atoms with E-state index in [1.165, 1.54) is 0 Å². The predicted molar refractivity (Wildman–Crippen MR) is 59.3 cm³/mol. The summed E-state index contributed by atoms with van der Waals surface area (Å²) in [7, 11) is 1.65. The average molecular weight is 198 g/mol. The van der Waals surface area contributed by atoms with Crippen molar-refractivity contribution >= 4 is 5.78 Å². The van der Waals surface area contributed by atoms with Gasteiger partial charge in [-0.15, -0.1) is 0 Å². The highest BCUT2D eigenvalue weighted by molar-refractivity contribution is 5.94. The monoisotopic (exact) mass is 198 g/mol. The van der Waals surface area contributed by atoms with Gasteiger partial charge in [-0.2, -0.15) is 0 Å². The fourth-order valence-electron chi connectivity index (χ4n) is 1.25. The predicted octanol–water partition coefficient (Wildman–Crippen LogP) is 2.97. The molecule has 0 heterocycles. The van der Waals surface area contributed by atoms with Crippen LogP contribution in [0.5, 0.6) is 0 Å². The van der Waals surface area contributed by atoms with E-state index in [4.69, 9.17) is 4.74 Å². The molecule has 0 rings (SSSR count). The van der Waals surface area contributed by atoms with Gasteiger partial charge in [0.25, 0.3) is 0 Å². The van der Waals surface area contributed by atoms with Gasteiger partial charge in [-0.1, -0.05) is 34.3 Å². The van der Waals surface area contributed by atoms with E-state index in [2.05, 4.69) is 27.4 Å². The summed E-state index contributed by atoms with van der Waals surface area (Å²) < 4.78 is 5.32. The number of ketones is 1. The van der Waals surface area contributed by atoms with Crippen molar-refractivity contribution in [1.29, 1.82) is 0 Å². The number of carbonyl (C=O) groups is 1. The molecule has 14 heavy (non-hydrogen) atoms. The quantitative estimate of drug-likeness (QED) is 0.635. The third kappa shape index (κ3) is 4.05. The van der Waals surface area contributed by atoms with Crippen LogP contribution in [0.25, 0.3) is 0 Å². The largest absolute Gasteiger partial charge is 0.380 e. The molecule has 0 aromatic heterocycles. The molecule has 1 atom stereocenters. The zero-order valence-corrected chi connectivity index (χ0v) is 10.0. The van der Waals surface area contributed by atoms with E-state index in [9.17, 15) is 4.79 Å². The molecule has 0 saturated heterocycles. The lowest BCUT2D eigenvalue weighted by molar-refractivity contribution is -0.120. The summed E-state index contributed by atoms with van der Waals surface area (Å²) in [5, 5.41) is 0. The Morgan fingerprint density at radius 1 is 1.43 bits per heavy atom. The van der Waals surface area contributed by atoms with E-state index in [0.29, 0.717) is 12.0 Å². The third-order valence-corrected chi connectivity index (χ3v) is 2.44. The molecule has 0 saturated carbocycles. The lowest BCUT2D eigenvalue weighted by Crippen LogP contribution is -2.31. The number of Topliss-reactive ketones (excluding diaryl/α,β-unsaturated/α-hetero) is 1. The first-order valence-corrected chi connectivity index (χ1v) is 5.06. The topological polar surface area (TPSA) is 26.3 Å². The molecule has 2 nitrogen and oxygen atoms in total. The van der Waals surface area contributed by atoms with Crippen molar-refractivity contribution in [2.45, 2.75) is 46.6 Å². The maximum Gasteiger partial charge on any atom is 0.160 e. The highest BCUT2D eigenvalue weighted by Gasteiger charge is 2.26. The summed E-state index contributed by atoms with van der Waals surface area (Å²) in [5.41, 5.74) is 0.689. The first-order chi connectivity index (χ1) is 6.32. The van der Waals surface area contributed by atoms with Gasteiger partial charge in [0.1, 0.15) is 0 Å². The Balaban J connectivity index is 4.34. The van der Waals surface area contributed by atoms with Crippen LogP contribution in [0.2, 0.25) is 0 Å². The molecule has 0 aliphatic rings. The Hall–Kier alpha value is -0.630. The fraction of sp³-hybridized carbons (Fsp3) is 0.750. The summed E-state index contributed by atoms with van der Waals surface area (Å²) in [6.45, 7) is 11.9. The van der Waals surface area contributed by atoms with Gasteiger partial charge in [-0.3, -0.25) is 4.79 Å². The molecule has 0 spiro atoms. The SMILES string of the molecule is C=C(CC)C(=O)CC(OC)C(C)(C)C. The Kier molecular flexibility index (Phi) is 5.06. The Morgan fingerprint density at radius 3 is 2.21 bits per heavy atom. The standard InChI is InChI=1S/C12H22O2/c1-7-9(2)10(13)8-11(14-6)12(3,4)5/h11H,2,7-8H2,1,3-6H3. The van der Waals surface area contributed by atoms with Crippen LogP contribution in [-0.4, -0.2) is 19.0 Å². The summed E-state index contributed by atoms with van der Waals surface area (Å²) >= 11 is 0. The van der Waals surface area contributed by atoms with Crippen molar-refractivity contribution in [3.05, 3.63) is 12.2 Å². The minimum atomic E-state index is -0.0294. The minimum Gasteiger partial charge on any atom is -0.380 e. The van der Waals surface area contributed by atoms with Gasteiger partial charge >= 0.3 is 0 Å². The Bertz CT molecular complexity index is 211. The van der Waals surface area contributed by atoms with Crippen LogP contribution in [0.4, 0.5) is 0 Å². The van der Waals surface area contributed by atoms with Crippen molar-refractivity contribution in [2.24, 2.45) is 5.41 Å². The molecule has 0 bridgehead atoms. The number of hydrogen-bond acceptors (Lipinski definition) is 2. The molecule has 82 valence electrons. The Labute approximate surface area is 87.3 Å². The van der Waals surface area contributed by atoms with Gasteiger partial charge in [-0.25, -0.2) is 0 Å². The molecule has 0 aromatic carbocycles. The average Bonchev–Trinajstić information content (AvgIpc) is 2.10.